The Bertz CT molecular complexity index is 2170. The second-order valence-corrected chi connectivity index (χ2v) is 13.4. The minimum atomic E-state index is -1.31. The molecule has 6 N–H and O–H groups in total. The van der Waals surface area contributed by atoms with Crippen molar-refractivity contribution in [1.29, 1.82) is 0 Å². The van der Waals surface area contributed by atoms with Gasteiger partial charge in [0.2, 0.25) is 11.3 Å². The molecular formula is C35H40N6O9. The van der Waals surface area contributed by atoms with E-state index in [4.69, 9.17) is 24.0 Å². The number of amides is 3. The molecule has 3 aromatic heterocycles. The summed E-state index contributed by atoms with van der Waals surface area (Å²) in [4.78, 5) is 58.2. The topological polar surface area (TPSA) is 215 Å². The van der Waals surface area contributed by atoms with Crippen molar-refractivity contribution >= 4 is 56.6 Å². The van der Waals surface area contributed by atoms with E-state index in [0.717, 1.165) is 24.8 Å². The number of carbonyl (C=O) groups excluding carboxylic acids is 2. The van der Waals surface area contributed by atoms with Crippen molar-refractivity contribution in [3.8, 4) is 11.5 Å². The lowest BCUT2D eigenvalue weighted by Gasteiger charge is -2.45. The quantitative estimate of drug-likeness (QED) is 0.157. The standard InChI is InChI=1S/C20H25N3O6.C15H15N3O3/c1-19(2,3)20(8-5-9-23(20)18(26)27)17(25)22-14-12-10-11(28-4)6-7-13(12)29-15(14)16(21)24;1-20-8-4-5-11-9(7-8)12-13(21-11)15(19)18-14(17-12)10-3-2-6-16-10/h6-7,10H,5,8-9H2,1-4H3,(H2,21,24)(H,22,25)(H,26,27);4-5,7,10,16H,2-3,6H2,1H3,(H,17,18,19)/t;10-/m.1/s1. The van der Waals surface area contributed by atoms with Gasteiger partial charge in [-0.25, -0.2) is 9.78 Å². The van der Waals surface area contributed by atoms with Crippen LogP contribution in [0.15, 0.2) is 50.0 Å². The molecule has 0 saturated carbocycles. The van der Waals surface area contributed by atoms with E-state index < -0.39 is 28.9 Å². The molecule has 2 aliphatic heterocycles. The molecule has 264 valence electrons. The largest absolute Gasteiger partial charge is 0.497 e. The number of benzene rings is 2. The van der Waals surface area contributed by atoms with E-state index in [1.54, 1.807) is 37.4 Å². The number of hydrogen-bond acceptors (Lipinski definition) is 10. The molecule has 0 radical (unpaired) electrons. The number of likely N-dealkylation sites (tertiary alicyclic amines) is 1. The Morgan fingerprint density at radius 2 is 1.70 bits per heavy atom. The lowest BCUT2D eigenvalue weighted by molar-refractivity contribution is -0.131. The molecule has 2 aliphatic rings. The first-order chi connectivity index (χ1) is 23.8. The Morgan fingerprint density at radius 1 is 1.04 bits per heavy atom. The first-order valence-electron chi connectivity index (χ1n) is 16.2. The van der Waals surface area contributed by atoms with Gasteiger partial charge in [-0.3, -0.25) is 19.3 Å². The van der Waals surface area contributed by atoms with Gasteiger partial charge in [-0.1, -0.05) is 20.8 Å². The zero-order valence-electron chi connectivity index (χ0n) is 28.5. The second kappa shape index (κ2) is 13.0. The number of hydrogen-bond donors (Lipinski definition) is 5. The molecule has 15 heteroatoms. The fourth-order valence-electron chi connectivity index (χ4n) is 7.01. The van der Waals surface area contributed by atoms with Crippen molar-refractivity contribution in [3.05, 3.63) is 58.3 Å². The van der Waals surface area contributed by atoms with Crippen molar-refractivity contribution in [1.82, 2.24) is 20.2 Å². The number of H-pyrrole nitrogens is 1. The minimum absolute atomic E-state index is 0.109. The van der Waals surface area contributed by atoms with Crippen LogP contribution in [0.5, 0.6) is 11.5 Å². The highest BCUT2D eigenvalue weighted by Crippen LogP contribution is 2.45. The van der Waals surface area contributed by atoms with Gasteiger partial charge in [-0.15, -0.1) is 0 Å². The van der Waals surface area contributed by atoms with Crippen LogP contribution in [-0.2, 0) is 4.79 Å². The van der Waals surface area contributed by atoms with Gasteiger partial charge in [-0.2, -0.15) is 0 Å². The van der Waals surface area contributed by atoms with Crippen molar-refractivity contribution in [2.75, 3.05) is 32.6 Å². The van der Waals surface area contributed by atoms with E-state index in [-0.39, 0.29) is 35.2 Å². The van der Waals surface area contributed by atoms with Crippen LogP contribution in [-0.4, -0.2) is 70.7 Å². The van der Waals surface area contributed by atoms with E-state index in [0.29, 0.717) is 52.2 Å². The third-order valence-electron chi connectivity index (χ3n) is 9.53. The summed E-state index contributed by atoms with van der Waals surface area (Å²) in [6.45, 7) is 6.66. The smallest absolute Gasteiger partial charge is 0.408 e. The molecule has 1 unspecified atom stereocenters. The molecule has 50 heavy (non-hydrogen) atoms. The summed E-state index contributed by atoms with van der Waals surface area (Å²) in [5.41, 5.74) is 5.16. The van der Waals surface area contributed by atoms with Gasteiger partial charge in [0, 0.05) is 11.9 Å². The van der Waals surface area contributed by atoms with Crippen molar-refractivity contribution in [2.45, 2.75) is 58.0 Å². The van der Waals surface area contributed by atoms with Crippen LogP contribution in [0.4, 0.5) is 10.5 Å². The summed E-state index contributed by atoms with van der Waals surface area (Å²) in [7, 11) is 3.10. The number of anilines is 1. The number of carbonyl (C=O) groups is 3. The number of nitrogens with one attached hydrogen (secondary N) is 3. The van der Waals surface area contributed by atoms with Crippen molar-refractivity contribution in [2.24, 2.45) is 11.1 Å². The van der Waals surface area contributed by atoms with Crippen molar-refractivity contribution in [3.63, 3.8) is 0 Å². The Balaban J connectivity index is 0.000000181. The predicted octanol–water partition coefficient (Wildman–Crippen LogP) is 5.14. The van der Waals surface area contributed by atoms with E-state index >= 15 is 0 Å². The fraction of sp³-hybridized carbons (Fsp3) is 0.400. The molecule has 7 rings (SSSR count). The third kappa shape index (κ3) is 5.87. The summed E-state index contributed by atoms with van der Waals surface area (Å²) < 4.78 is 21.6. The van der Waals surface area contributed by atoms with E-state index in [2.05, 4.69) is 20.6 Å². The summed E-state index contributed by atoms with van der Waals surface area (Å²) in [5.74, 6) is 0.317. The Labute approximate surface area is 286 Å². The summed E-state index contributed by atoms with van der Waals surface area (Å²) in [5, 5.41) is 17.0. The number of fused-ring (bicyclic) bond motifs is 4. The zero-order chi connectivity index (χ0) is 36.0. The van der Waals surface area contributed by atoms with E-state index in [1.807, 2.05) is 26.8 Å². The maximum absolute atomic E-state index is 13.5. The maximum Gasteiger partial charge on any atom is 0.408 e. The molecule has 2 atom stereocenters. The number of ether oxygens (including phenoxy) is 2. The lowest BCUT2D eigenvalue weighted by atomic mass is 9.71. The number of aromatic amines is 1. The van der Waals surface area contributed by atoms with E-state index in [1.165, 1.54) is 12.0 Å². The van der Waals surface area contributed by atoms with Crippen LogP contribution in [0.1, 0.15) is 68.9 Å². The third-order valence-corrected chi connectivity index (χ3v) is 9.53. The average Bonchev–Trinajstić information content (AvgIpc) is 3.89. The molecule has 2 aromatic carbocycles. The van der Waals surface area contributed by atoms with Crippen LogP contribution in [0.3, 0.4) is 0 Å². The number of rotatable bonds is 6. The van der Waals surface area contributed by atoms with Gasteiger partial charge in [0.25, 0.3) is 17.4 Å². The molecule has 5 aromatic rings. The summed E-state index contributed by atoms with van der Waals surface area (Å²) in [6.07, 6.45) is 1.82. The number of aromatic nitrogens is 2. The second-order valence-electron chi connectivity index (χ2n) is 13.4. The van der Waals surface area contributed by atoms with Gasteiger partial charge in [0.05, 0.1) is 25.6 Å². The molecule has 2 fully saturated rings. The summed E-state index contributed by atoms with van der Waals surface area (Å²) in [6, 6.07) is 10.4. The highest BCUT2D eigenvalue weighted by Gasteiger charge is 2.57. The van der Waals surface area contributed by atoms with Gasteiger partial charge < -0.3 is 44.8 Å². The molecule has 3 amide bonds. The fourth-order valence-corrected chi connectivity index (χ4v) is 7.01. The Morgan fingerprint density at radius 3 is 2.28 bits per heavy atom. The van der Waals surface area contributed by atoms with Gasteiger partial charge in [0.1, 0.15) is 45.2 Å². The monoisotopic (exact) mass is 688 g/mol. The zero-order valence-corrected chi connectivity index (χ0v) is 28.5. The highest BCUT2D eigenvalue weighted by atomic mass is 16.5. The van der Waals surface area contributed by atoms with Gasteiger partial charge >= 0.3 is 6.09 Å². The molecule has 15 nitrogen and oxygen atoms in total. The molecule has 2 saturated heterocycles. The average molecular weight is 689 g/mol. The Hall–Kier alpha value is -5.57. The van der Waals surface area contributed by atoms with Crippen LogP contribution in [0.25, 0.3) is 33.0 Å². The normalized spacial score (nSPS) is 19.1. The highest BCUT2D eigenvalue weighted by molar-refractivity contribution is 6.13. The van der Waals surface area contributed by atoms with Crippen LogP contribution >= 0.6 is 0 Å². The number of furan rings is 2. The number of carboxylic acid groups (broad SMARTS) is 1. The SMILES string of the molecule is COc1ccc2oc(C(N)=O)c(NC(=O)C3(C(C)(C)C)CCCN3C(=O)O)c2c1.COc1ccc2oc3c(=O)[nH]c([C@H]4CCCN4)nc3c2c1. The Kier molecular flexibility index (Phi) is 8.95. The maximum atomic E-state index is 13.5. The van der Waals surface area contributed by atoms with Crippen LogP contribution in [0.2, 0.25) is 0 Å². The van der Waals surface area contributed by atoms with Crippen LogP contribution < -0.4 is 31.4 Å². The van der Waals surface area contributed by atoms with Crippen LogP contribution in [0, 0.1) is 5.41 Å². The molecule has 0 bridgehead atoms. The molecule has 0 spiro atoms. The van der Waals surface area contributed by atoms with Gasteiger partial charge in [0.15, 0.2) is 0 Å². The summed E-state index contributed by atoms with van der Waals surface area (Å²) >= 11 is 0. The molecule has 0 aliphatic carbocycles. The first kappa shape index (κ1) is 34.3. The number of nitrogens with zero attached hydrogens (tertiary/aromatic N) is 2. The first-order valence-corrected chi connectivity index (χ1v) is 16.2. The number of primary amides is 1. The van der Waals surface area contributed by atoms with E-state index in [9.17, 15) is 24.3 Å². The van der Waals surface area contributed by atoms with Gasteiger partial charge in [-0.05, 0) is 74.0 Å². The predicted molar refractivity (Wildman–Crippen MR) is 185 cm³/mol. The molecular weight excluding hydrogens is 648 g/mol. The van der Waals surface area contributed by atoms with Crippen molar-refractivity contribution < 1.29 is 37.8 Å². The number of methoxy groups -OCH3 is 2. The molecule has 5 heterocycles. The lowest BCUT2D eigenvalue weighted by Crippen LogP contribution is -2.62. The minimum Gasteiger partial charge on any atom is -0.497 e. The number of nitrogens with two attached hydrogens (primary N) is 1.